The van der Waals surface area contributed by atoms with Gasteiger partial charge in [0.15, 0.2) is 5.65 Å². The van der Waals surface area contributed by atoms with Gasteiger partial charge in [-0.05, 0) is 26.2 Å². The van der Waals surface area contributed by atoms with Gasteiger partial charge >= 0.3 is 0 Å². The normalized spacial score (nSPS) is 13.6. The molecule has 0 radical (unpaired) electrons. The van der Waals surface area contributed by atoms with Crippen LogP contribution in [0.15, 0.2) is 0 Å². The molecule has 5 heteroatoms. The van der Waals surface area contributed by atoms with Gasteiger partial charge in [0.2, 0.25) is 0 Å². The highest BCUT2D eigenvalue weighted by atomic mass is 35.5. The number of aromatic nitrogens is 4. The maximum Gasteiger partial charge on any atom is 0.158 e. The molecule has 2 rings (SSSR count). The van der Waals surface area contributed by atoms with Crippen LogP contribution in [0.2, 0.25) is 0 Å². The maximum absolute atomic E-state index is 6.08. The SMILES string of the molecule is Cc1nn(C)c2c1nc(CCl)n2C(C)CCCC(C)C. The number of hydrogen-bond acceptors (Lipinski definition) is 2. The average Bonchev–Trinajstić information content (AvgIpc) is 2.88. The number of halogens is 1. The third-order valence-corrected chi connectivity index (χ3v) is 4.11. The highest BCUT2D eigenvalue weighted by Gasteiger charge is 2.20. The first kappa shape index (κ1) is 15.4. The lowest BCUT2D eigenvalue weighted by molar-refractivity contribution is 0.443. The fourth-order valence-electron chi connectivity index (χ4n) is 2.85. The van der Waals surface area contributed by atoms with E-state index in [0.717, 1.165) is 35.0 Å². The number of fused-ring (bicyclic) bond motifs is 1. The molecule has 1 atom stereocenters. The number of aryl methyl sites for hydroxylation is 2. The van der Waals surface area contributed by atoms with E-state index in [4.69, 9.17) is 11.6 Å². The minimum absolute atomic E-state index is 0.405. The van der Waals surface area contributed by atoms with Crippen molar-refractivity contribution in [3.05, 3.63) is 11.5 Å². The summed E-state index contributed by atoms with van der Waals surface area (Å²) < 4.78 is 4.19. The Bertz CT molecular complexity index is 582. The van der Waals surface area contributed by atoms with Crippen LogP contribution in [0.1, 0.15) is 57.6 Å². The van der Waals surface area contributed by atoms with E-state index in [-0.39, 0.29) is 0 Å². The average molecular weight is 297 g/mol. The summed E-state index contributed by atoms with van der Waals surface area (Å²) in [6.07, 6.45) is 3.65. The van der Waals surface area contributed by atoms with Crippen molar-refractivity contribution in [1.82, 2.24) is 19.3 Å². The molecule has 4 nitrogen and oxygen atoms in total. The third kappa shape index (κ3) is 2.85. The molecule has 2 aromatic heterocycles. The van der Waals surface area contributed by atoms with Crippen LogP contribution < -0.4 is 0 Å². The Hall–Kier alpha value is -1.03. The highest BCUT2D eigenvalue weighted by Crippen LogP contribution is 2.27. The molecule has 0 spiro atoms. The molecule has 0 bridgehead atoms. The number of hydrogen-bond donors (Lipinski definition) is 0. The van der Waals surface area contributed by atoms with Gasteiger partial charge in [0.05, 0.1) is 11.6 Å². The smallest absolute Gasteiger partial charge is 0.158 e. The molecule has 20 heavy (non-hydrogen) atoms. The highest BCUT2D eigenvalue weighted by molar-refractivity contribution is 6.16. The monoisotopic (exact) mass is 296 g/mol. The van der Waals surface area contributed by atoms with Gasteiger partial charge < -0.3 is 4.57 Å². The molecule has 112 valence electrons. The zero-order valence-corrected chi connectivity index (χ0v) is 13.9. The Morgan fingerprint density at radius 1 is 1.20 bits per heavy atom. The molecule has 0 aliphatic rings. The topological polar surface area (TPSA) is 35.6 Å². The standard InChI is InChI=1S/C15H25ClN4/c1-10(2)7-6-8-11(3)20-13(9-16)17-14-12(4)18-19(5)15(14)20/h10-11H,6-9H2,1-5H3. The largest absolute Gasteiger partial charge is 0.309 e. The zero-order chi connectivity index (χ0) is 14.9. The summed E-state index contributed by atoms with van der Waals surface area (Å²) >= 11 is 6.08. The van der Waals surface area contributed by atoms with Crippen LogP contribution in [0, 0.1) is 12.8 Å². The molecule has 0 aliphatic heterocycles. The molecule has 0 fully saturated rings. The van der Waals surface area contributed by atoms with Crippen LogP contribution in [0.3, 0.4) is 0 Å². The van der Waals surface area contributed by atoms with E-state index >= 15 is 0 Å². The number of nitrogens with zero attached hydrogens (tertiary/aromatic N) is 4. The van der Waals surface area contributed by atoms with Crippen molar-refractivity contribution in [2.24, 2.45) is 13.0 Å². The molecule has 2 heterocycles. The molecule has 0 aliphatic carbocycles. The summed E-state index contributed by atoms with van der Waals surface area (Å²) in [6, 6.07) is 0.405. The summed E-state index contributed by atoms with van der Waals surface area (Å²) in [6.45, 7) is 8.80. The second-order valence-electron chi connectivity index (χ2n) is 6.09. The summed E-state index contributed by atoms with van der Waals surface area (Å²) in [4.78, 5) is 4.66. The van der Waals surface area contributed by atoms with E-state index < -0.39 is 0 Å². The van der Waals surface area contributed by atoms with Crippen LogP contribution in [-0.4, -0.2) is 19.3 Å². The van der Waals surface area contributed by atoms with Crippen molar-refractivity contribution in [1.29, 1.82) is 0 Å². The van der Waals surface area contributed by atoms with Gasteiger partial charge in [-0.25, -0.2) is 4.98 Å². The molecule has 0 amide bonds. The second-order valence-corrected chi connectivity index (χ2v) is 6.35. The molecule has 0 saturated heterocycles. The fraction of sp³-hybridized carbons (Fsp3) is 0.733. The molecule has 0 N–H and O–H groups in total. The van der Waals surface area contributed by atoms with Crippen LogP contribution >= 0.6 is 11.6 Å². The second kappa shape index (κ2) is 6.17. The van der Waals surface area contributed by atoms with Gasteiger partial charge in [-0.2, -0.15) is 5.10 Å². The van der Waals surface area contributed by atoms with Crippen molar-refractivity contribution in [2.45, 2.75) is 58.9 Å². The number of alkyl halides is 1. The quantitative estimate of drug-likeness (QED) is 0.749. The summed E-state index contributed by atoms with van der Waals surface area (Å²) in [5.41, 5.74) is 3.05. The van der Waals surface area contributed by atoms with Gasteiger partial charge in [-0.3, -0.25) is 4.68 Å². The van der Waals surface area contributed by atoms with Crippen LogP contribution in [0.25, 0.3) is 11.2 Å². The zero-order valence-electron chi connectivity index (χ0n) is 13.1. The number of rotatable bonds is 6. The Morgan fingerprint density at radius 3 is 2.50 bits per heavy atom. The Morgan fingerprint density at radius 2 is 1.90 bits per heavy atom. The van der Waals surface area contributed by atoms with E-state index in [0.29, 0.717) is 11.9 Å². The van der Waals surface area contributed by atoms with Crippen LogP contribution in [0.4, 0.5) is 0 Å². The molecule has 0 aromatic carbocycles. The minimum Gasteiger partial charge on any atom is -0.309 e. The van der Waals surface area contributed by atoms with Gasteiger partial charge in [0, 0.05) is 13.1 Å². The van der Waals surface area contributed by atoms with Gasteiger partial charge in [0.1, 0.15) is 11.3 Å². The molecular formula is C15H25ClN4. The lowest BCUT2D eigenvalue weighted by Gasteiger charge is -2.17. The van der Waals surface area contributed by atoms with E-state index in [9.17, 15) is 0 Å². The lowest BCUT2D eigenvalue weighted by Crippen LogP contribution is -2.11. The van der Waals surface area contributed by atoms with Crippen LogP contribution in [-0.2, 0) is 12.9 Å². The van der Waals surface area contributed by atoms with E-state index in [1.54, 1.807) is 0 Å². The van der Waals surface area contributed by atoms with Crippen molar-refractivity contribution in [3.63, 3.8) is 0 Å². The van der Waals surface area contributed by atoms with Crippen molar-refractivity contribution in [2.75, 3.05) is 0 Å². The predicted molar refractivity (Wildman–Crippen MR) is 84.2 cm³/mol. The van der Waals surface area contributed by atoms with E-state index in [1.165, 1.54) is 12.8 Å². The lowest BCUT2D eigenvalue weighted by atomic mass is 10.0. The van der Waals surface area contributed by atoms with Gasteiger partial charge in [-0.15, -0.1) is 11.6 Å². The van der Waals surface area contributed by atoms with Gasteiger partial charge in [-0.1, -0.05) is 26.7 Å². The van der Waals surface area contributed by atoms with E-state index in [2.05, 4.69) is 35.4 Å². The Balaban J connectivity index is 2.31. The van der Waals surface area contributed by atoms with E-state index in [1.807, 2.05) is 18.7 Å². The van der Waals surface area contributed by atoms with Crippen molar-refractivity contribution >= 4 is 22.8 Å². The summed E-state index contributed by atoms with van der Waals surface area (Å²) in [7, 11) is 1.98. The number of imidazole rings is 1. The first-order valence-electron chi connectivity index (χ1n) is 7.42. The maximum atomic E-state index is 6.08. The summed E-state index contributed by atoms with van der Waals surface area (Å²) in [5.74, 6) is 2.16. The first-order chi connectivity index (χ1) is 9.45. The molecule has 1 unspecified atom stereocenters. The minimum atomic E-state index is 0.405. The molecular weight excluding hydrogens is 272 g/mol. The third-order valence-electron chi connectivity index (χ3n) is 3.87. The van der Waals surface area contributed by atoms with Crippen LogP contribution in [0.5, 0.6) is 0 Å². The summed E-state index contributed by atoms with van der Waals surface area (Å²) in [5, 5.41) is 4.47. The van der Waals surface area contributed by atoms with Crippen molar-refractivity contribution < 1.29 is 0 Å². The predicted octanol–water partition coefficient (Wildman–Crippen LogP) is 4.20. The molecule has 2 aromatic rings. The van der Waals surface area contributed by atoms with Crippen molar-refractivity contribution in [3.8, 4) is 0 Å². The first-order valence-corrected chi connectivity index (χ1v) is 7.95. The Kier molecular flexibility index (Phi) is 4.74. The fourth-order valence-corrected chi connectivity index (χ4v) is 3.04. The van der Waals surface area contributed by atoms with Gasteiger partial charge in [0.25, 0.3) is 0 Å². The molecule has 0 saturated carbocycles. The Labute approximate surface area is 126 Å².